The Bertz CT molecular complexity index is 1220. The quantitative estimate of drug-likeness (QED) is 0.465. The summed E-state index contributed by atoms with van der Waals surface area (Å²) in [5.41, 5.74) is 7.34. The molecular weight excluding hydrogens is 472 g/mol. The van der Waals surface area contributed by atoms with Gasteiger partial charge in [-0.3, -0.25) is 9.80 Å². The molecule has 38 heavy (non-hydrogen) atoms. The van der Waals surface area contributed by atoms with E-state index < -0.39 is 0 Å². The van der Waals surface area contributed by atoms with Crippen LogP contribution in [0.15, 0.2) is 36.4 Å². The average molecular weight is 517 g/mol. The maximum Gasteiger partial charge on any atom is 0.112 e. The summed E-state index contributed by atoms with van der Waals surface area (Å²) in [5, 5.41) is 3.77. The van der Waals surface area contributed by atoms with Crippen LogP contribution < -0.4 is 10.2 Å². The summed E-state index contributed by atoms with van der Waals surface area (Å²) in [7, 11) is 2.20. The third-order valence-electron chi connectivity index (χ3n) is 8.95. The third-order valence-corrected chi connectivity index (χ3v) is 8.95. The number of aromatic nitrogens is 2. The number of ether oxygens (including phenoxy) is 1. The molecular formula is C31H44N6O. The van der Waals surface area contributed by atoms with Crippen LogP contribution in [0.3, 0.4) is 0 Å². The zero-order chi connectivity index (χ0) is 26.1. The predicted octanol–water partition coefficient (Wildman–Crippen LogP) is 4.78. The standard InChI is InChI=1S/C31H44N6O/c1-23(2)36-13-15-37(16-14-36)27-9-7-24(8-10-27)26-21-28(32-11-12-35-17-19-38-20-18-35)30-29(22-26)34(3)31(33-30)25-5-4-6-25/h7-10,21-23,25,32H,4-6,11-20H2,1-3H3. The van der Waals surface area contributed by atoms with E-state index in [1.165, 1.54) is 47.4 Å². The first-order valence-electron chi connectivity index (χ1n) is 14.7. The van der Waals surface area contributed by atoms with E-state index >= 15 is 0 Å². The van der Waals surface area contributed by atoms with E-state index in [-0.39, 0.29) is 0 Å². The van der Waals surface area contributed by atoms with Crippen LogP contribution in [-0.4, -0.2) is 91.0 Å². The van der Waals surface area contributed by atoms with Crippen LogP contribution in [0.1, 0.15) is 44.9 Å². The summed E-state index contributed by atoms with van der Waals surface area (Å²) in [6.45, 7) is 14.7. The second-order valence-corrected chi connectivity index (χ2v) is 11.6. The van der Waals surface area contributed by atoms with Crippen LogP contribution in [-0.2, 0) is 11.8 Å². The predicted molar refractivity (Wildman–Crippen MR) is 157 cm³/mol. The molecule has 3 aromatic rings. The molecule has 0 spiro atoms. The number of nitrogens with zero attached hydrogens (tertiary/aromatic N) is 5. The van der Waals surface area contributed by atoms with Crippen molar-refractivity contribution < 1.29 is 4.74 Å². The number of anilines is 2. The number of hydrogen-bond acceptors (Lipinski definition) is 6. The van der Waals surface area contributed by atoms with Crippen LogP contribution in [0.25, 0.3) is 22.2 Å². The lowest BCUT2D eigenvalue weighted by Crippen LogP contribution is -2.48. The molecule has 1 saturated carbocycles. The zero-order valence-electron chi connectivity index (χ0n) is 23.5. The van der Waals surface area contributed by atoms with Crippen LogP contribution in [0, 0.1) is 0 Å². The second kappa shape index (κ2) is 11.2. The lowest BCUT2D eigenvalue weighted by Gasteiger charge is -2.38. The first-order chi connectivity index (χ1) is 18.6. The van der Waals surface area contributed by atoms with Gasteiger partial charge in [0.1, 0.15) is 11.3 Å². The molecule has 0 atom stereocenters. The number of benzene rings is 2. The third kappa shape index (κ3) is 5.29. The smallest absolute Gasteiger partial charge is 0.112 e. The van der Waals surface area contributed by atoms with Gasteiger partial charge in [-0.15, -0.1) is 0 Å². The summed E-state index contributed by atoms with van der Waals surface area (Å²) in [6, 6.07) is 14.5. The van der Waals surface area contributed by atoms with E-state index in [4.69, 9.17) is 9.72 Å². The maximum atomic E-state index is 5.52. The molecule has 1 N–H and O–H groups in total. The number of imidazole rings is 1. The van der Waals surface area contributed by atoms with Gasteiger partial charge in [-0.1, -0.05) is 18.6 Å². The van der Waals surface area contributed by atoms with Gasteiger partial charge in [0, 0.05) is 77.1 Å². The van der Waals surface area contributed by atoms with Gasteiger partial charge >= 0.3 is 0 Å². The molecule has 204 valence electrons. The van der Waals surface area contributed by atoms with E-state index in [0.717, 1.165) is 76.8 Å². The summed E-state index contributed by atoms with van der Waals surface area (Å²) in [5.74, 6) is 1.85. The molecule has 3 fully saturated rings. The van der Waals surface area contributed by atoms with Gasteiger partial charge in [-0.05, 0) is 62.1 Å². The van der Waals surface area contributed by atoms with Crippen LogP contribution >= 0.6 is 0 Å². The summed E-state index contributed by atoms with van der Waals surface area (Å²) in [4.78, 5) is 12.8. The zero-order valence-corrected chi connectivity index (χ0v) is 23.5. The van der Waals surface area contributed by atoms with Crippen molar-refractivity contribution in [2.75, 3.05) is 75.8 Å². The van der Waals surface area contributed by atoms with Crippen molar-refractivity contribution in [2.45, 2.75) is 45.1 Å². The van der Waals surface area contributed by atoms with E-state index in [0.29, 0.717) is 12.0 Å². The number of morpholine rings is 1. The molecule has 0 radical (unpaired) electrons. The Morgan fingerprint density at radius 2 is 1.68 bits per heavy atom. The van der Waals surface area contributed by atoms with Crippen molar-refractivity contribution in [3.05, 3.63) is 42.2 Å². The molecule has 0 amide bonds. The second-order valence-electron chi connectivity index (χ2n) is 11.6. The van der Waals surface area contributed by atoms with Gasteiger partial charge in [-0.25, -0.2) is 4.98 Å². The first-order valence-corrected chi connectivity index (χ1v) is 14.7. The van der Waals surface area contributed by atoms with Crippen LogP contribution in [0.4, 0.5) is 11.4 Å². The van der Waals surface area contributed by atoms with Gasteiger partial charge < -0.3 is 19.5 Å². The monoisotopic (exact) mass is 516 g/mol. The lowest BCUT2D eigenvalue weighted by molar-refractivity contribution is 0.0398. The molecule has 2 aromatic carbocycles. The fraction of sp³-hybridized carbons (Fsp3) is 0.581. The fourth-order valence-electron chi connectivity index (χ4n) is 6.17. The Labute approximate surface area is 227 Å². The van der Waals surface area contributed by atoms with E-state index in [2.05, 4.69) is 81.9 Å². The van der Waals surface area contributed by atoms with E-state index in [1.54, 1.807) is 0 Å². The Morgan fingerprint density at radius 3 is 2.34 bits per heavy atom. The molecule has 3 aliphatic rings. The minimum Gasteiger partial charge on any atom is -0.382 e. The van der Waals surface area contributed by atoms with Crippen molar-refractivity contribution in [2.24, 2.45) is 7.05 Å². The lowest BCUT2D eigenvalue weighted by atomic mass is 9.85. The largest absolute Gasteiger partial charge is 0.382 e. The highest BCUT2D eigenvalue weighted by Gasteiger charge is 2.26. The summed E-state index contributed by atoms with van der Waals surface area (Å²) < 4.78 is 7.87. The molecule has 1 aliphatic carbocycles. The van der Waals surface area contributed by atoms with Gasteiger partial charge in [0.05, 0.1) is 24.4 Å². The Balaban J connectivity index is 1.24. The van der Waals surface area contributed by atoms with Gasteiger partial charge in [0.2, 0.25) is 0 Å². The number of nitrogens with one attached hydrogen (secondary N) is 1. The SMILES string of the molecule is CC(C)N1CCN(c2ccc(-c3cc(NCCN4CCOCC4)c4nc(C5CCC5)n(C)c4c3)cc2)CC1. The molecule has 7 nitrogen and oxygen atoms in total. The maximum absolute atomic E-state index is 5.52. The van der Waals surface area contributed by atoms with Crippen molar-refractivity contribution in [3.63, 3.8) is 0 Å². The van der Waals surface area contributed by atoms with Gasteiger partial charge in [0.25, 0.3) is 0 Å². The molecule has 0 bridgehead atoms. The Hall–Kier alpha value is -2.61. The number of rotatable bonds is 8. The molecule has 7 heteroatoms. The molecule has 1 aromatic heterocycles. The van der Waals surface area contributed by atoms with Gasteiger partial charge in [-0.2, -0.15) is 0 Å². The average Bonchev–Trinajstić information content (AvgIpc) is 3.24. The minimum absolute atomic E-state index is 0.604. The van der Waals surface area contributed by atoms with E-state index in [1.807, 2.05) is 0 Å². The minimum atomic E-state index is 0.604. The first kappa shape index (κ1) is 25.7. The number of aryl methyl sites for hydroxylation is 1. The van der Waals surface area contributed by atoms with Crippen LogP contribution in [0.5, 0.6) is 0 Å². The summed E-state index contributed by atoms with van der Waals surface area (Å²) in [6.07, 6.45) is 3.84. The highest BCUT2D eigenvalue weighted by Crippen LogP contribution is 2.39. The topological polar surface area (TPSA) is 48.8 Å². The summed E-state index contributed by atoms with van der Waals surface area (Å²) >= 11 is 0. The Morgan fingerprint density at radius 1 is 0.947 bits per heavy atom. The fourth-order valence-corrected chi connectivity index (χ4v) is 6.17. The van der Waals surface area contributed by atoms with Crippen molar-refractivity contribution in [1.82, 2.24) is 19.4 Å². The molecule has 2 aliphatic heterocycles. The van der Waals surface area contributed by atoms with Crippen molar-refractivity contribution in [1.29, 1.82) is 0 Å². The van der Waals surface area contributed by atoms with Gasteiger partial charge in [0.15, 0.2) is 0 Å². The van der Waals surface area contributed by atoms with Crippen molar-refractivity contribution >= 4 is 22.4 Å². The molecule has 3 heterocycles. The highest BCUT2D eigenvalue weighted by atomic mass is 16.5. The number of piperazine rings is 1. The number of fused-ring (bicyclic) bond motifs is 1. The Kier molecular flexibility index (Phi) is 7.59. The number of hydrogen-bond donors (Lipinski definition) is 1. The molecule has 0 unspecified atom stereocenters. The van der Waals surface area contributed by atoms with Crippen LogP contribution in [0.2, 0.25) is 0 Å². The van der Waals surface area contributed by atoms with E-state index in [9.17, 15) is 0 Å². The molecule has 2 saturated heterocycles. The molecule has 6 rings (SSSR count). The highest BCUT2D eigenvalue weighted by molar-refractivity contribution is 5.94. The van der Waals surface area contributed by atoms with Crippen molar-refractivity contribution in [3.8, 4) is 11.1 Å². The normalized spacial score (nSPS) is 19.8.